The minimum atomic E-state index is -0.827. The fraction of sp³-hybridized carbons (Fsp3) is 0.235. The zero-order valence-corrected chi connectivity index (χ0v) is 13.1. The second-order valence-electron chi connectivity index (χ2n) is 5.28. The highest BCUT2D eigenvalue weighted by atomic mass is 16.3. The number of carbonyl (C=O) groups excluding carboxylic acids is 2. The average molecular weight is 313 g/mol. The van der Waals surface area contributed by atoms with Gasteiger partial charge in [0.25, 0.3) is 0 Å². The zero-order valence-electron chi connectivity index (χ0n) is 13.1. The van der Waals surface area contributed by atoms with Crippen molar-refractivity contribution in [3.63, 3.8) is 0 Å². The van der Waals surface area contributed by atoms with E-state index in [9.17, 15) is 9.59 Å². The van der Waals surface area contributed by atoms with Crippen molar-refractivity contribution in [3.8, 4) is 0 Å². The first kappa shape index (κ1) is 16.5. The van der Waals surface area contributed by atoms with Gasteiger partial charge in [0.2, 0.25) is 0 Å². The van der Waals surface area contributed by atoms with Crippen LogP contribution >= 0.6 is 0 Å². The molecule has 0 aliphatic carbocycles. The monoisotopic (exact) mass is 313 g/mol. The maximum Gasteiger partial charge on any atom is 0.329 e. The number of amides is 2. The largest absolute Gasteiger partial charge is 0.467 e. The Morgan fingerprint density at radius 1 is 1.17 bits per heavy atom. The van der Waals surface area contributed by atoms with Crippen LogP contribution in [0.15, 0.2) is 52.2 Å². The summed E-state index contributed by atoms with van der Waals surface area (Å²) in [5, 5.41) is 6.21. The summed E-state index contributed by atoms with van der Waals surface area (Å²) >= 11 is 0. The maximum atomic E-state index is 11.6. The van der Waals surface area contributed by atoms with Crippen molar-refractivity contribution < 1.29 is 14.0 Å². The quantitative estimate of drug-likeness (QED) is 0.504. The average Bonchev–Trinajstić information content (AvgIpc) is 3.06. The van der Waals surface area contributed by atoms with Crippen LogP contribution in [-0.2, 0) is 16.1 Å². The second-order valence-corrected chi connectivity index (χ2v) is 5.28. The van der Waals surface area contributed by atoms with Crippen molar-refractivity contribution in [3.05, 3.63) is 59.5 Å². The third kappa shape index (κ3) is 5.10. The molecule has 1 aromatic carbocycles. The predicted octanol–water partition coefficient (Wildman–Crippen LogP) is 2.17. The third-order valence-electron chi connectivity index (χ3n) is 3.19. The summed E-state index contributed by atoms with van der Waals surface area (Å²) in [4.78, 5) is 23.1. The number of nitrogens with zero attached hydrogens (tertiary/aromatic N) is 1. The minimum Gasteiger partial charge on any atom is -0.467 e. The number of carbonyl (C=O) groups is 2. The van der Waals surface area contributed by atoms with Crippen LogP contribution in [0.4, 0.5) is 0 Å². The fourth-order valence-electron chi connectivity index (χ4n) is 1.84. The van der Waals surface area contributed by atoms with Crippen LogP contribution in [-0.4, -0.2) is 18.0 Å². The molecule has 23 heavy (non-hydrogen) atoms. The highest BCUT2D eigenvalue weighted by Gasteiger charge is 2.12. The SMILES string of the molecule is CC(C)c1ccc(/C=N/NC(=O)C(=O)NCc2ccco2)cc1. The molecular formula is C17H19N3O3. The van der Waals surface area contributed by atoms with Crippen LogP contribution in [0.25, 0.3) is 0 Å². The molecule has 1 aromatic heterocycles. The van der Waals surface area contributed by atoms with Gasteiger partial charge in [-0.25, -0.2) is 5.43 Å². The summed E-state index contributed by atoms with van der Waals surface area (Å²) in [6, 6.07) is 11.2. The van der Waals surface area contributed by atoms with Crippen molar-refractivity contribution in [2.75, 3.05) is 0 Å². The third-order valence-corrected chi connectivity index (χ3v) is 3.19. The number of hydrogen-bond acceptors (Lipinski definition) is 4. The Hall–Kier alpha value is -2.89. The van der Waals surface area contributed by atoms with E-state index in [1.54, 1.807) is 12.1 Å². The lowest BCUT2D eigenvalue weighted by Gasteiger charge is -2.04. The van der Waals surface area contributed by atoms with E-state index in [0.717, 1.165) is 5.56 Å². The van der Waals surface area contributed by atoms with Gasteiger partial charge in [-0.3, -0.25) is 9.59 Å². The van der Waals surface area contributed by atoms with Crippen molar-refractivity contribution in [2.24, 2.45) is 5.10 Å². The molecular weight excluding hydrogens is 294 g/mol. The molecule has 0 aliphatic rings. The zero-order chi connectivity index (χ0) is 16.7. The molecule has 2 amide bonds. The normalized spacial score (nSPS) is 10.9. The van der Waals surface area contributed by atoms with E-state index in [1.165, 1.54) is 18.0 Å². The lowest BCUT2D eigenvalue weighted by atomic mass is 10.0. The van der Waals surface area contributed by atoms with Crippen molar-refractivity contribution >= 4 is 18.0 Å². The molecule has 0 atom stereocenters. The Bertz CT molecular complexity index is 674. The number of furan rings is 1. The van der Waals surface area contributed by atoms with Crippen LogP contribution in [0.3, 0.4) is 0 Å². The Morgan fingerprint density at radius 3 is 2.52 bits per heavy atom. The molecule has 0 radical (unpaired) electrons. The maximum absolute atomic E-state index is 11.6. The molecule has 0 aliphatic heterocycles. The highest BCUT2D eigenvalue weighted by Crippen LogP contribution is 2.13. The Kier molecular flexibility index (Phi) is 5.68. The summed E-state index contributed by atoms with van der Waals surface area (Å²) in [6.07, 6.45) is 2.98. The molecule has 0 saturated carbocycles. The van der Waals surface area contributed by atoms with Crippen LogP contribution in [0.2, 0.25) is 0 Å². The number of hydrazone groups is 1. The van der Waals surface area contributed by atoms with Gasteiger partial charge in [-0.05, 0) is 29.2 Å². The molecule has 1 heterocycles. The molecule has 0 unspecified atom stereocenters. The molecule has 2 N–H and O–H groups in total. The van der Waals surface area contributed by atoms with Crippen LogP contribution < -0.4 is 10.7 Å². The fourth-order valence-corrected chi connectivity index (χ4v) is 1.84. The summed E-state index contributed by atoms with van der Waals surface area (Å²) in [5.41, 5.74) is 4.25. The summed E-state index contributed by atoms with van der Waals surface area (Å²) in [6.45, 7) is 4.38. The first-order valence-electron chi connectivity index (χ1n) is 7.30. The first-order valence-corrected chi connectivity index (χ1v) is 7.30. The van der Waals surface area contributed by atoms with E-state index in [0.29, 0.717) is 11.7 Å². The second kappa shape index (κ2) is 7.93. The van der Waals surface area contributed by atoms with Gasteiger partial charge in [-0.15, -0.1) is 0 Å². The Morgan fingerprint density at radius 2 is 1.91 bits per heavy atom. The number of nitrogens with one attached hydrogen (secondary N) is 2. The Balaban J connectivity index is 1.79. The standard InChI is InChI=1S/C17H19N3O3/c1-12(2)14-7-5-13(6-8-14)10-19-20-17(22)16(21)18-11-15-4-3-9-23-15/h3-10,12H,11H2,1-2H3,(H,18,21)(H,20,22)/b19-10+. The minimum absolute atomic E-state index is 0.152. The van der Waals surface area contributed by atoms with E-state index in [-0.39, 0.29) is 6.54 Å². The summed E-state index contributed by atoms with van der Waals surface area (Å²) in [7, 11) is 0. The van der Waals surface area contributed by atoms with Crippen LogP contribution in [0.1, 0.15) is 36.7 Å². The van der Waals surface area contributed by atoms with Crippen LogP contribution in [0, 0.1) is 0 Å². The lowest BCUT2D eigenvalue weighted by molar-refractivity contribution is -0.139. The van der Waals surface area contributed by atoms with Gasteiger partial charge in [0.15, 0.2) is 0 Å². The van der Waals surface area contributed by atoms with E-state index in [2.05, 4.69) is 29.7 Å². The van der Waals surface area contributed by atoms with Gasteiger partial charge in [0.1, 0.15) is 5.76 Å². The van der Waals surface area contributed by atoms with Crippen molar-refractivity contribution in [2.45, 2.75) is 26.3 Å². The van der Waals surface area contributed by atoms with E-state index in [1.807, 2.05) is 24.3 Å². The van der Waals surface area contributed by atoms with Gasteiger partial charge in [0, 0.05) is 0 Å². The first-order chi connectivity index (χ1) is 11.1. The van der Waals surface area contributed by atoms with E-state index < -0.39 is 11.8 Å². The highest BCUT2D eigenvalue weighted by molar-refractivity contribution is 6.35. The van der Waals surface area contributed by atoms with Gasteiger partial charge in [-0.2, -0.15) is 5.10 Å². The van der Waals surface area contributed by atoms with Gasteiger partial charge >= 0.3 is 11.8 Å². The molecule has 120 valence electrons. The summed E-state index contributed by atoms with van der Waals surface area (Å²) < 4.78 is 5.05. The molecule has 0 bridgehead atoms. The van der Waals surface area contributed by atoms with Gasteiger partial charge in [-0.1, -0.05) is 38.1 Å². The number of rotatable bonds is 5. The Labute approximate surface area is 134 Å². The molecule has 0 fully saturated rings. The number of benzene rings is 1. The molecule has 2 rings (SSSR count). The van der Waals surface area contributed by atoms with E-state index in [4.69, 9.17) is 4.42 Å². The van der Waals surface area contributed by atoms with E-state index >= 15 is 0 Å². The summed E-state index contributed by atoms with van der Waals surface area (Å²) in [5.74, 6) is -0.571. The number of hydrogen-bond donors (Lipinski definition) is 2. The molecule has 2 aromatic rings. The van der Waals surface area contributed by atoms with Crippen molar-refractivity contribution in [1.29, 1.82) is 0 Å². The topological polar surface area (TPSA) is 83.7 Å². The predicted molar refractivity (Wildman–Crippen MR) is 86.8 cm³/mol. The molecule has 6 nitrogen and oxygen atoms in total. The lowest BCUT2D eigenvalue weighted by Crippen LogP contribution is -2.37. The molecule has 6 heteroatoms. The smallest absolute Gasteiger partial charge is 0.329 e. The van der Waals surface area contributed by atoms with Crippen molar-refractivity contribution in [1.82, 2.24) is 10.7 Å². The van der Waals surface area contributed by atoms with Crippen LogP contribution in [0.5, 0.6) is 0 Å². The molecule has 0 spiro atoms. The van der Waals surface area contributed by atoms with Gasteiger partial charge < -0.3 is 9.73 Å². The molecule has 0 saturated heterocycles. The van der Waals surface area contributed by atoms with Gasteiger partial charge in [0.05, 0.1) is 19.0 Å².